The van der Waals surface area contributed by atoms with E-state index in [9.17, 15) is 0 Å². The lowest BCUT2D eigenvalue weighted by Crippen LogP contribution is -2.29. The lowest BCUT2D eigenvalue weighted by atomic mass is 10.0. The van der Waals surface area contributed by atoms with Gasteiger partial charge in [-0.05, 0) is 56.7 Å². The maximum atomic E-state index is 5.42. The van der Waals surface area contributed by atoms with E-state index < -0.39 is 0 Å². The van der Waals surface area contributed by atoms with E-state index in [1.165, 1.54) is 17.7 Å². The van der Waals surface area contributed by atoms with Crippen molar-refractivity contribution in [3.05, 3.63) is 41.7 Å². The third kappa shape index (κ3) is 4.77. The Morgan fingerprint density at radius 2 is 1.85 bits per heavy atom. The zero-order chi connectivity index (χ0) is 18.5. The Kier molecular flexibility index (Phi) is 6.16. The first-order valence-corrected chi connectivity index (χ1v) is 9.17. The van der Waals surface area contributed by atoms with Crippen LogP contribution in [-0.4, -0.2) is 61.0 Å². The van der Waals surface area contributed by atoms with Gasteiger partial charge in [0.25, 0.3) is 0 Å². The number of methoxy groups -OCH3 is 2. The van der Waals surface area contributed by atoms with Gasteiger partial charge in [0.2, 0.25) is 0 Å². The summed E-state index contributed by atoms with van der Waals surface area (Å²) in [5.41, 5.74) is 2.49. The van der Waals surface area contributed by atoms with E-state index in [1.807, 2.05) is 12.3 Å². The first-order chi connectivity index (χ1) is 12.6. The molecule has 0 fully saturated rings. The molecule has 0 radical (unpaired) electrons. The van der Waals surface area contributed by atoms with Gasteiger partial charge in [-0.25, -0.2) is 0 Å². The summed E-state index contributed by atoms with van der Waals surface area (Å²) in [4.78, 5) is 4.77. The highest BCUT2D eigenvalue weighted by Crippen LogP contribution is 2.25. The highest BCUT2D eigenvalue weighted by atomic mass is 16.5. The molecule has 1 unspecified atom stereocenters. The van der Waals surface area contributed by atoms with Gasteiger partial charge in [0.05, 0.1) is 19.9 Å². The predicted octanol–water partition coefficient (Wildman–Crippen LogP) is 2.48. The van der Waals surface area contributed by atoms with Crippen molar-refractivity contribution in [2.75, 3.05) is 41.4 Å². The van der Waals surface area contributed by atoms with Crippen LogP contribution in [0.4, 0.5) is 0 Å². The van der Waals surface area contributed by atoms with Crippen molar-refractivity contribution in [1.82, 2.24) is 19.6 Å². The van der Waals surface area contributed by atoms with Crippen molar-refractivity contribution in [1.29, 1.82) is 0 Å². The fraction of sp³-hybridized carbons (Fsp3) is 0.550. The van der Waals surface area contributed by atoms with E-state index in [4.69, 9.17) is 9.47 Å². The van der Waals surface area contributed by atoms with E-state index in [2.05, 4.69) is 51.9 Å². The molecule has 1 aromatic carbocycles. The fourth-order valence-electron chi connectivity index (χ4n) is 3.58. The molecule has 1 aliphatic heterocycles. The summed E-state index contributed by atoms with van der Waals surface area (Å²) in [6.45, 7) is 4.95. The van der Waals surface area contributed by atoms with Crippen LogP contribution in [0.25, 0.3) is 0 Å². The lowest BCUT2D eigenvalue weighted by Gasteiger charge is -2.25. The normalized spacial score (nSPS) is 17.8. The molecule has 6 nitrogen and oxygen atoms in total. The Hall–Kier alpha value is -2.05. The van der Waals surface area contributed by atoms with Crippen molar-refractivity contribution in [3.63, 3.8) is 0 Å². The van der Waals surface area contributed by atoms with Crippen molar-refractivity contribution in [2.45, 2.75) is 26.1 Å². The molecule has 3 rings (SSSR count). The topological polar surface area (TPSA) is 42.8 Å². The number of fused-ring (bicyclic) bond motifs is 1. The molecule has 0 saturated carbocycles. The van der Waals surface area contributed by atoms with Gasteiger partial charge < -0.3 is 14.4 Å². The zero-order valence-electron chi connectivity index (χ0n) is 16.3. The van der Waals surface area contributed by atoms with Crippen LogP contribution < -0.4 is 9.47 Å². The second-order valence-electron chi connectivity index (χ2n) is 7.35. The fourth-order valence-corrected chi connectivity index (χ4v) is 3.58. The van der Waals surface area contributed by atoms with Crippen LogP contribution in [0.3, 0.4) is 0 Å². The SMILES string of the molecule is COc1cc(CN2Cc3ccnn3CC(CCN(C)C)C2)cc(OC)c1. The minimum atomic E-state index is 0.589. The van der Waals surface area contributed by atoms with E-state index in [1.54, 1.807) is 14.2 Å². The van der Waals surface area contributed by atoms with Gasteiger partial charge in [0, 0.05) is 38.4 Å². The molecule has 1 atom stereocenters. The molecule has 1 aliphatic rings. The molecule has 2 heterocycles. The van der Waals surface area contributed by atoms with Crippen LogP contribution in [0, 0.1) is 5.92 Å². The number of benzene rings is 1. The Labute approximate surface area is 156 Å². The summed E-state index contributed by atoms with van der Waals surface area (Å²) < 4.78 is 13.0. The summed E-state index contributed by atoms with van der Waals surface area (Å²) in [6, 6.07) is 8.24. The molecule has 0 amide bonds. The van der Waals surface area contributed by atoms with Crippen LogP contribution in [0.1, 0.15) is 17.7 Å². The van der Waals surface area contributed by atoms with E-state index in [-0.39, 0.29) is 0 Å². The molecule has 2 aromatic rings. The Bertz CT molecular complexity index is 691. The smallest absolute Gasteiger partial charge is 0.122 e. The van der Waals surface area contributed by atoms with Crippen LogP contribution in [-0.2, 0) is 19.6 Å². The number of nitrogens with zero attached hydrogens (tertiary/aromatic N) is 4. The van der Waals surface area contributed by atoms with E-state index in [0.717, 1.165) is 44.2 Å². The molecule has 0 N–H and O–H groups in total. The van der Waals surface area contributed by atoms with Gasteiger partial charge in [0.15, 0.2) is 0 Å². The number of rotatable bonds is 7. The molecular weight excluding hydrogens is 328 g/mol. The molecule has 0 spiro atoms. The molecule has 142 valence electrons. The molecule has 0 bridgehead atoms. The molecule has 0 saturated heterocycles. The average molecular weight is 358 g/mol. The first-order valence-electron chi connectivity index (χ1n) is 9.17. The predicted molar refractivity (Wildman–Crippen MR) is 103 cm³/mol. The van der Waals surface area contributed by atoms with Crippen molar-refractivity contribution in [2.24, 2.45) is 5.92 Å². The number of aromatic nitrogens is 2. The van der Waals surface area contributed by atoms with Gasteiger partial charge >= 0.3 is 0 Å². The van der Waals surface area contributed by atoms with Gasteiger partial charge in [-0.2, -0.15) is 5.10 Å². The third-order valence-corrected chi connectivity index (χ3v) is 4.94. The minimum absolute atomic E-state index is 0.589. The second kappa shape index (κ2) is 8.56. The summed E-state index contributed by atoms with van der Waals surface area (Å²) in [5.74, 6) is 2.26. The quantitative estimate of drug-likeness (QED) is 0.761. The minimum Gasteiger partial charge on any atom is -0.497 e. The molecule has 6 heteroatoms. The molecule has 1 aromatic heterocycles. The second-order valence-corrected chi connectivity index (χ2v) is 7.35. The number of hydrogen-bond donors (Lipinski definition) is 0. The largest absolute Gasteiger partial charge is 0.497 e. The Morgan fingerprint density at radius 3 is 2.50 bits per heavy atom. The Morgan fingerprint density at radius 1 is 1.12 bits per heavy atom. The van der Waals surface area contributed by atoms with Crippen LogP contribution in [0.5, 0.6) is 11.5 Å². The first kappa shape index (κ1) is 18.7. The van der Waals surface area contributed by atoms with Gasteiger partial charge in [-0.15, -0.1) is 0 Å². The van der Waals surface area contributed by atoms with Crippen LogP contribution >= 0.6 is 0 Å². The van der Waals surface area contributed by atoms with Crippen molar-refractivity contribution < 1.29 is 9.47 Å². The third-order valence-electron chi connectivity index (χ3n) is 4.94. The van der Waals surface area contributed by atoms with Crippen molar-refractivity contribution >= 4 is 0 Å². The standard InChI is InChI=1S/C20H30N4O2/c1-22(2)8-6-16-12-23(15-18-5-7-21-24(18)14-16)13-17-9-19(25-3)11-20(10-17)26-4/h5,7,9-11,16H,6,8,12-15H2,1-4H3. The summed E-state index contributed by atoms with van der Waals surface area (Å²) in [7, 11) is 7.66. The Balaban J connectivity index is 1.77. The van der Waals surface area contributed by atoms with Crippen LogP contribution in [0.15, 0.2) is 30.5 Å². The monoisotopic (exact) mass is 358 g/mol. The number of ether oxygens (including phenoxy) is 2. The van der Waals surface area contributed by atoms with E-state index in [0.29, 0.717) is 5.92 Å². The van der Waals surface area contributed by atoms with Gasteiger partial charge in [-0.1, -0.05) is 0 Å². The molecule has 26 heavy (non-hydrogen) atoms. The highest BCUT2D eigenvalue weighted by Gasteiger charge is 2.22. The van der Waals surface area contributed by atoms with Gasteiger partial charge in [0.1, 0.15) is 11.5 Å². The highest BCUT2D eigenvalue weighted by molar-refractivity contribution is 5.38. The van der Waals surface area contributed by atoms with Gasteiger partial charge in [-0.3, -0.25) is 9.58 Å². The average Bonchev–Trinajstić information content (AvgIpc) is 2.98. The molecule has 0 aliphatic carbocycles. The summed E-state index contributed by atoms with van der Waals surface area (Å²) >= 11 is 0. The van der Waals surface area contributed by atoms with Crippen molar-refractivity contribution in [3.8, 4) is 11.5 Å². The zero-order valence-corrected chi connectivity index (χ0v) is 16.3. The lowest BCUT2D eigenvalue weighted by molar-refractivity contribution is 0.205. The summed E-state index contributed by atoms with van der Waals surface area (Å²) in [5, 5.41) is 4.53. The maximum Gasteiger partial charge on any atom is 0.122 e. The number of hydrogen-bond acceptors (Lipinski definition) is 5. The molecular formula is C20H30N4O2. The summed E-state index contributed by atoms with van der Waals surface area (Å²) in [6.07, 6.45) is 3.08. The van der Waals surface area contributed by atoms with E-state index >= 15 is 0 Å². The van der Waals surface area contributed by atoms with Crippen LogP contribution in [0.2, 0.25) is 0 Å². The maximum absolute atomic E-state index is 5.42.